The van der Waals surface area contributed by atoms with E-state index >= 15 is 0 Å². The van der Waals surface area contributed by atoms with Crippen LogP contribution in [0.2, 0.25) is 0 Å². The zero-order valence-corrected chi connectivity index (χ0v) is 13.5. The predicted octanol–water partition coefficient (Wildman–Crippen LogP) is 1.94. The van der Waals surface area contributed by atoms with Gasteiger partial charge in [0.1, 0.15) is 6.04 Å². The summed E-state index contributed by atoms with van der Waals surface area (Å²) in [5.74, 6) is -4.49. The second-order valence-electron chi connectivity index (χ2n) is 6.74. The molecule has 1 amide bonds. The molecule has 0 unspecified atom stereocenters. The molecule has 6 nitrogen and oxygen atoms in total. The summed E-state index contributed by atoms with van der Waals surface area (Å²) in [6.45, 7) is 3.47. The summed E-state index contributed by atoms with van der Waals surface area (Å²) >= 11 is 0. The Morgan fingerprint density at radius 3 is 2.42 bits per heavy atom. The van der Waals surface area contributed by atoms with Crippen LogP contribution in [0, 0.1) is 17.3 Å². The molecule has 0 bridgehead atoms. The maximum absolute atomic E-state index is 12.4. The fraction of sp³-hybridized carbons (Fsp3) is 0.500. The number of carbonyl (C=O) groups excluding carboxylic acids is 1. The summed E-state index contributed by atoms with van der Waals surface area (Å²) in [7, 11) is 0. The molecule has 0 aromatic heterocycles. The van der Waals surface area contributed by atoms with Crippen LogP contribution in [-0.2, 0) is 20.8 Å². The van der Waals surface area contributed by atoms with Gasteiger partial charge in [0, 0.05) is 0 Å². The Balaban J connectivity index is 2.23. The van der Waals surface area contributed by atoms with Crippen molar-refractivity contribution in [2.24, 2.45) is 17.3 Å². The lowest BCUT2D eigenvalue weighted by Crippen LogP contribution is -2.46. The van der Waals surface area contributed by atoms with Gasteiger partial charge in [-0.05, 0) is 29.7 Å². The lowest BCUT2D eigenvalue weighted by atomic mass is 9.82. The van der Waals surface area contributed by atoms with Gasteiger partial charge in [-0.25, -0.2) is 4.79 Å². The molecule has 3 N–H and O–H groups in total. The van der Waals surface area contributed by atoms with Gasteiger partial charge in [0.25, 0.3) is 0 Å². The van der Waals surface area contributed by atoms with Crippen LogP contribution in [0.4, 0.5) is 0 Å². The maximum atomic E-state index is 12.4. The molecule has 0 heterocycles. The van der Waals surface area contributed by atoms with Crippen LogP contribution in [0.5, 0.6) is 0 Å². The highest BCUT2D eigenvalue weighted by molar-refractivity contribution is 5.85. The van der Waals surface area contributed by atoms with Gasteiger partial charge in [0.15, 0.2) is 0 Å². The van der Waals surface area contributed by atoms with Gasteiger partial charge in [0.05, 0.1) is 19.2 Å². The van der Waals surface area contributed by atoms with Crippen LogP contribution in [0.3, 0.4) is 0 Å². The number of rotatable bonds is 6. The van der Waals surface area contributed by atoms with E-state index in [0.717, 1.165) is 0 Å². The van der Waals surface area contributed by atoms with Crippen molar-refractivity contribution in [1.82, 2.24) is 5.32 Å². The first-order chi connectivity index (χ1) is 13.3. The van der Waals surface area contributed by atoms with E-state index in [9.17, 15) is 24.6 Å². The third kappa shape index (κ3) is 4.13. The van der Waals surface area contributed by atoms with Crippen molar-refractivity contribution in [3.05, 3.63) is 35.8 Å². The molecule has 130 valence electrons. The van der Waals surface area contributed by atoms with Crippen molar-refractivity contribution in [3.8, 4) is 0 Å². The molecule has 0 aliphatic heterocycles. The molecule has 1 saturated carbocycles. The van der Waals surface area contributed by atoms with Crippen molar-refractivity contribution in [3.63, 3.8) is 0 Å². The number of aliphatic carboxylic acids is 2. The average Bonchev–Trinajstić information content (AvgIpc) is 2.94. The molecule has 0 spiro atoms. The number of carboxylic acids is 2. The molecular weight excluding hydrogens is 310 g/mol. The summed E-state index contributed by atoms with van der Waals surface area (Å²) in [5, 5.41) is 21.3. The highest BCUT2D eigenvalue weighted by atomic mass is 16.4. The van der Waals surface area contributed by atoms with E-state index in [-0.39, 0.29) is 18.4 Å². The van der Waals surface area contributed by atoms with Gasteiger partial charge < -0.3 is 15.5 Å². The summed E-state index contributed by atoms with van der Waals surface area (Å²) < 4.78 is 38.6. The smallest absolute Gasteiger partial charge is 0.326 e. The monoisotopic (exact) mass is 338 g/mol. The van der Waals surface area contributed by atoms with Crippen LogP contribution in [0.15, 0.2) is 30.2 Å². The van der Waals surface area contributed by atoms with E-state index in [0.29, 0.717) is 0 Å². The van der Waals surface area contributed by atoms with Crippen molar-refractivity contribution in [1.29, 1.82) is 0 Å². The lowest BCUT2D eigenvalue weighted by Gasteiger charge is -2.24. The molecule has 1 aromatic carbocycles. The van der Waals surface area contributed by atoms with E-state index in [1.807, 2.05) is 0 Å². The second-order valence-corrected chi connectivity index (χ2v) is 6.74. The number of nitrogens with one attached hydrogen (secondary N) is 1. The van der Waals surface area contributed by atoms with Gasteiger partial charge >= 0.3 is 11.9 Å². The van der Waals surface area contributed by atoms with Crippen LogP contribution in [0.1, 0.15) is 39.1 Å². The number of hydrogen-bond donors (Lipinski definition) is 3. The second kappa shape index (κ2) is 7.03. The van der Waals surface area contributed by atoms with Gasteiger partial charge in [-0.2, -0.15) is 0 Å². The Kier molecular flexibility index (Phi) is 3.53. The predicted molar refractivity (Wildman–Crippen MR) is 87.3 cm³/mol. The first kappa shape index (κ1) is 12.1. The topological polar surface area (TPSA) is 104 Å². The fourth-order valence-electron chi connectivity index (χ4n) is 3.34. The van der Waals surface area contributed by atoms with Gasteiger partial charge in [-0.15, -0.1) is 0 Å². The van der Waals surface area contributed by atoms with E-state index in [1.54, 1.807) is 13.8 Å². The zero-order chi connectivity index (χ0) is 22.3. The largest absolute Gasteiger partial charge is 0.481 e. The standard InChI is InChI=1S/C18H23NO5/c1-18(2)10-12(9-13(18)16(21)22)15(17(23)24)19-14(20)8-11-6-4-3-5-7-11/h3-7,12-13,15H,8-10H2,1-2H3,(H,19,20)(H,21,22)(H,23,24)/t12-,13+,15+/m1/s1/i3D,4D,5D,6D,7D. The SMILES string of the molecule is [2H]c1c([2H])c([2H])c(CC(=O)N[C@H](C(=O)O)[C@@H]2C[C@@H](C(=O)O)C(C)(C)C2)c([2H])c1[2H]. The molecule has 24 heavy (non-hydrogen) atoms. The van der Waals surface area contributed by atoms with E-state index < -0.39 is 77.8 Å². The summed E-state index contributed by atoms with van der Waals surface area (Å²) in [5.41, 5.74) is -0.866. The minimum absolute atomic E-state index is 0.0915. The summed E-state index contributed by atoms with van der Waals surface area (Å²) in [6.07, 6.45) is -0.206. The van der Waals surface area contributed by atoms with E-state index in [1.165, 1.54) is 0 Å². The van der Waals surface area contributed by atoms with Crippen molar-refractivity contribution < 1.29 is 31.5 Å². The lowest BCUT2D eigenvalue weighted by molar-refractivity contribution is -0.145. The number of benzene rings is 1. The number of carbonyl (C=O) groups is 3. The highest BCUT2D eigenvalue weighted by Gasteiger charge is 2.48. The molecule has 0 radical (unpaired) electrons. The molecule has 2 rings (SSSR count). The van der Waals surface area contributed by atoms with E-state index in [2.05, 4.69) is 5.32 Å². The molecular formula is C18H23NO5. The van der Waals surface area contributed by atoms with Gasteiger partial charge in [0.2, 0.25) is 5.91 Å². The van der Waals surface area contributed by atoms with Crippen molar-refractivity contribution >= 4 is 17.8 Å². The maximum Gasteiger partial charge on any atom is 0.326 e. The zero-order valence-electron chi connectivity index (χ0n) is 18.5. The third-order valence-corrected chi connectivity index (χ3v) is 4.51. The quantitative estimate of drug-likeness (QED) is 0.735. The molecule has 3 atom stereocenters. The molecule has 1 aliphatic rings. The molecule has 1 aromatic rings. The minimum Gasteiger partial charge on any atom is -0.481 e. The van der Waals surface area contributed by atoms with Crippen molar-refractivity contribution in [2.45, 2.75) is 39.2 Å². The van der Waals surface area contributed by atoms with Gasteiger partial charge in [-0.1, -0.05) is 44.1 Å². The summed E-state index contributed by atoms with van der Waals surface area (Å²) in [6, 6.07) is -4.12. The normalized spacial score (nSPS) is 26.3. The third-order valence-electron chi connectivity index (χ3n) is 4.51. The molecule has 0 saturated heterocycles. The number of carboxylic acid groups (broad SMARTS) is 2. The van der Waals surface area contributed by atoms with E-state index in [4.69, 9.17) is 6.85 Å². The highest BCUT2D eigenvalue weighted by Crippen LogP contribution is 2.47. The van der Waals surface area contributed by atoms with Crippen LogP contribution in [0.25, 0.3) is 0 Å². The van der Waals surface area contributed by atoms with Gasteiger partial charge in [-0.3, -0.25) is 9.59 Å². The molecule has 1 fully saturated rings. The minimum atomic E-state index is -1.34. The van der Waals surface area contributed by atoms with Crippen molar-refractivity contribution in [2.75, 3.05) is 0 Å². The Morgan fingerprint density at radius 2 is 1.92 bits per heavy atom. The Labute approximate surface area is 147 Å². The number of hydrogen-bond acceptors (Lipinski definition) is 3. The average molecular weight is 338 g/mol. The fourth-order valence-corrected chi connectivity index (χ4v) is 3.34. The summed E-state index contributed by atoms with van der Waals surface area (Å²) in [4.78, 5) is 35.6. The first-order valence-corrected chi connectivity index (χ1v) is 7.58. The van der Waals surface area contributed by atoms with Crippen LogP contribution in [-0.4, -0.2) is 34.1 Å². The Bertz CT molecular complexity index is 844. The molecule has 6 heteroatoms. The van der Waals surface area contributed by atoms with Crippen LogP contribution < -0.4 is 5.32 Å². The van der Waals surface area contributed by atoms with Crippen LogP contribution >= 0.6 is 0 Å². The number of amides is 1. The Morgan fingerprint density at radius 1 is 1.29 bits per heavy atom. The Hall–Kier alpha value is -2.37. The molecule has 1 aliphatic carbocycles. The first-order valence-electron chi connectivity index (χ1n) is 10.1.